The van der Waals surface area contributed by atoms with E-state index >= 15 is 0 Å². The summed E-state index contributed by atoms with van der Waals surface area (Å²) in [7, 11) is 4.18. The number of pyridine rings is 3. The van der Waals surface area contributed by atoms with Crippen LogP contribution >= 0.6 is 0 Å². The van der Waals surface area contributed by atoms with E-state index in [1.165, 1.54) is 28.1 Å². The summed E-state index contributed by atoms with van der Waals surface area (Å²) in [5, 5.41) is 0. The molecule has 0 saturated carbocycles. The van der Waals surface area contributed by atoms with E-state index in [0.29, 0.717) is 0 Å². The van der Waals surface area contributed by atoms with Crippen molar-refractivity contribution >= 4 is 0 Å². The van der Waals surface area contributed by atoms with Gasteiger partial charge in [0, 0.05) is 47.2 Å². The molecule has 1 aromatic carbocycles. The Bertz CT molecular complexity index is 1100. The molecule has 0 saturated heterocycles. The molecular weight excluding hydrogens is 330 g/mol. The fraction of sp³-hybridized carbons (Fsp3) is 0.125. The summed E-state index contributed by atoms with van der Waals surface area (Å²) in [5.41, 5.74) is 8.25. The van der Waals surface area contributed by atoms with Gasteiger partial charge in [-0.25, -0.2) is 9.13 Å². The summed E-state index contributed by atoms with van der Waals surface area (Å²) < 4.78 is 4.33. The molecule has 132 valence electrons. The summed E-state index contributed by atoms with van der Waals surface area (Å²) in [4.78, 5) is 4.50. The van der Waals surface area contributed by atoms with Gasteiger partial charge in [-0.3, -0.25) is 4.98 Å². The highest BCUT2D eigenvalue weighted by molar-refractivity contribution is 5.75. The lowest BCUT2D eigenvalue weighted by atomic mass is 9.96. The largest absolute Gasteiger partial charge is 0.256 e. The molecule has 27 heavy (non-hydrogen) atoms. The Morgan fingerprint density at radius 3 is 2.19 bits per heavy atom. The normalized spacial score (nSPS) is 10.8. The zero-order chi connectivity index (χ0) is 18.8. The molecule has 4 rings (SSSR count). The molecule has 0 radical (unpaired) electrons. The van der Waals surface area contributed by atoms with E-state index in [0.717, 1.165) is 11.3 Å². The van der Waals surface area contributed by atoms with Crippen LogP contribution in [0.3, 0.4) is 0 Å². The van der Waals surface area contributed by atoms with Crippen LogP contribution < -0.4 is 9.13 Å². The molecule has 0 aliphatic carbocycles. The number of nitrogens with zero attached hydrogens (tertiary/aromatic N) is 3. The quantitative estimate of drug-likeness (QED) is 0.509. The van der Waals surface area contributed by atoms with E-state index < -0.39 is 0 Å². The molecule has 0 aliphatic heterocycles. The highest BCUT2D eigenvalue weighted by Gasteiger charge is 2.19. The molecule has 0 N–H and O–H groups in total. The predicted molar refractivity (Wildman–Crippen MR) is 108 cm³/mol. The lowest BCUT2D eigenvalue weighted by molar-refractivity contribution is -0.660. The molecule has 3 heterocycles. The van der Waals surface area contributed by atoms with E-state index in [9.17, 15) is 0 Å². The first-order valence-corrected chi connectivity index (χ1v) is 9.11. The fourth-order valence-corrected chi connectivity index (χ4v) is 3.52. The summed E-state index contributed by atoms with van der Waals surface area (Å²) in [5.74, 6) is 0. The first-order valence-electron chi connectivity index (χ1n) is 9.11. The van der Waals surface area contributed by atoms with Crippen molar-refractivity contribution in [3.05, 3.63) is 90.9 Å². The Morgan fingerprint density at radius 1 is 0.704 bits per heavy atom. The van der Waals surface area contributed by atoms with Crippen molar-refractivity contribution in [1.82, 2.24) is 4.98 Å². The maximum Gasteiger partial charge on any atom is 0.213 e. The maximum atomic E-state index is 4.50. The topological polar surface area (TPSA) is 20.6 Å². The second-order valence-corrected chi connectivity index (χ2v) is 6.80. The van der Waals surface area contributed by atoms with Gasteiger partial charge in [0.15, 0.2) is 12.4 Å². The van der Waals surface area contributed by atoms with Crippen LogP contribution in [0.25, 0.3) is 33.8 Å². The van der Waals surface area contributed by atoms with Crippen LogP contribution in [0.2, 0.25) is 0 Å². The molecule has 3 heteroatoms. The van der Waals surface area contributed by atoms with Gasteiger partial charge in [-0.2, -0.15) is 0 Å². The Balaban J connectivity index is 1.88. The third-order valence-corrected chi connectivity index (χ3v) is 5.05. The van der Waals surface area contributed by atoms with E-state index in [1.807, 2.05) is 24.4 Å². The summed E-state index contributed by atoms with van der Waals surface area (Å²) in [6.07, 6.45) is 6.03. The van der Waals surface area contributed by atoms with Crippen LogP contribution in [-0.2, 0) is 14.1 Å². The van der Waals surface area contributed by atoms with Crippen LogP contribution in [0, 0.1) is 6.92 Å². The molecule has 0 amide bonds. The van der Waals surface area contributed by atoms with Crippen LogP contribution in [0.15, 0.2) is 85.3 Å². The highest BCUT2D eigenvalue weighted by Crippen LogP contribution is 2.30. The Morgan fingerprint density at radius 2 is 1.44 bits per heavy atom. The van der Waals surface area contributed by atoms with Crippen LogP contribution in [-0.4, -0.2) is 4.98 Å². The van der Waals surface area contributed by atoms with Gasteiger partial charge in [-0.15, -0.1) is 0 Å². The number of aryl methyl sites for hydroxylation is 2. The zero-order valence-electron chi connectivity index (χ0n) is 15.9. The molecule has 3 aromatic heterocycles. The third kappa shape index (κ3) is 3.24. The van der Waals surface area contributed by atoms with Gasteiger partial charge in [0.25, 0.3) is 0 Å². The van der Waals surface area contributed by atoms with Gasteiger partial charge >= 0.3 is 0 Å². The average molecular weight is 353 g/mol. The van der Waals surface area contributed by atoms with Gasteiger partial charge in [0.1, 0.15) is 14.1 Å². The van der Waals surface area contributed by atoms with Crippen LogP contribution in [0.1, 0.15) is 5.56 Å². The molecule has 0 fully saturated rings. The highest BCUT2D eigenvalue weighted by atomic mass is 14.9. The third-order valence-electron chi connectivity index (χ3n) is 5.05. The van der Waals surface area contributed by atoms with E-state index in [2.05, 4.69) is 96.1 Å². The number of rotatable bonds is 3. The van der Waals surface area contributed by atoms with Gasteiger partial charge in [-0.1, -0.05) is 12.1 Å². The first kappa shape index (κ1) is 17.1. The van der Waals surface area contributed by atoms with E-state index in [-0.39, 0.29) is 0 Å². The lowest BCUT2D eigenvalue weighted by Crippen LogP contribution is -2.31. The molecule has 0 atom stereocenters. The fourth-order valence-electron chi connectivity index (χ4n) is 3.52. The van der Waals surface area contributed by atoms with Gasteiger partial charge in [0.2, 0.25) is 11.4 Å². The molecule has 4 aromatic rings. The van der Waals surface area contributed by atoms with Crippen molar-refractivity contribution in [2.45, 2.75) is 6.92 Å². The van der Waals surface area contributed by atoms with Gasteiger partial charge < -0.3 is 0 Å². The smallest absolute Gasteiger partial charge is 0.213 e. The molecule has 0 unspecified atom stereocenters. The van der Waals surface area contributed by atoms with Crippen molar-refractivity contribution < 1.29 is 9.13 Å². The molecule has 0 spiro atoms. The number of hydrogen-bond acceptors (Lipinski definition) is 1. The number of aromatic nitrogens is 3. The lowest BCUT2D eigenvalue weighted by Gasteiger charge is -2.10. The monoisotopic (exact) mass is 353 g/mol. The minimum absolute atomic E-state index is 0.989. The van der Waals surface area contributed by atoms with Crippen molar-refractivity contribution in [3.63, 3.8) is 0 Å². The van der Waals surface area contributed by atoms with Gasteiger partial charge in [0.05, 0.1) is 5.69 Å². The van der Waals surface area contributed by atoms with Crippen molar-refractivity contribution in [2.75, 3.05) is 0 Å². The standard InChI is InChI=1S/C24H23N3/c1-18-20(23-12-5-7-15-26(23)2)9-8-10-21(18)24-17-19(13-16-27(24)3)22-11-4-6-14-25-22/h4-17H,1-3H3/q+2. The molecule has 0 aliphatic rings. The molecule has 0 bridgehead atoms. The molecule has 3 nitrogen and oxygen atoms in total. The van der Waals surface area contributed by atoms with Crippen molar-refractivity contribution in [3.8, 4) is 33.8 Å². The number of benzene rings is 1. The summed E-state index contributed by atoms with van der Waals surface area (Å²) >= 11 is 0. The first-order chi connectivity index (χ1) is 13.1. The second-order valence-electron chi connectivity index (χ2n) is 6.80. The summed E-state index contributed by atoms with van der Waals surface area (Å²) in [6, 6.07) is 23.2. The molecular formula is C24H23N3+2. The van der Waals surface area contributed by atoms with E-state index in [1.54, 1.807) is 0 Å². The second kappa shape index (κ2) is 7.12. The Kier molecular flexibility index (Phi) is 4.51. The zero-order valence-corrected chi connectivity index (χ0v) is 15.9. The summed E-state index contributed by atoms with van der Waals surface area (Å²) in [6.45, 7) is 2.20. The van der Waals surface area contributed by atoms with Crippen molar-refractivity contribution in [1.29, 1.82) is 0 Å². The average Bonchev–Trinajstić information content (AvgIpc) is 2.70. The van der Waals surface area contributed by atoms with Crippen LogP contribution in [0.4, 0.5) is 0 Å². The number of hydrogen-bond donors (Lipinski definition) is 0. The van der Waals surface area contributed by atoms with Gasteiger partial charge in [-0.05, 0) is 42.8 Å². The predicted octanol–water partition coefficient (Wildman–Crippen LogP) is 4.04. The Labute approximate surface area is 160 Å². The van der Waals surface area contributed by atoms with Crippen LogP contribution in [0.5, 0.6) is 0 Å². The maximum absolute atomic E-state index is 4.50. The Hall–Kier alpha value is -3.33. The van der Waals surface area contributed by atoms with Crippen molar-refractivity contribution in [2.24, 2.45) is 14.1 Å². The van der Waals surface area contributed by atoms with E-state index in [4.69, 9.17) is 0 Å². The minimum atomic E-state index is 0.989. The minimum Gasteiger partial charge on any atom is -0.256 e. The SMILES string of the molecule is Cc1c(-c2cccc[n+]2C)cccc1-c1cc(-c2ccccn2)cc[n+]1C.